The predicted molar refractivity (Wildman–Crippen MR) is 87.0 cm³/mol. The largest absolute Gasteiger partial charge is 0.501 e. The van der Waals surface area contributed by atoms with Gasteiger partial charge in [0.1, 0.15) is 0 Å². The molecular formula is C15H28N2O3Si. The molecular weight excluding hydrogens is 284 g/mol. The molecule has 0 heterocycles. The molecule has 2 N–H and O–H groups in total. The molecule has 5 nitrogen and oxygen atoms in total. The summed E-state index contributed by atoms with van der Waals surface area (Å²) in [6, 6.07) is 11.2. The Morgan fingerprint density at radius 2 is 1.67 bits per heavy atom. The fourth-order valence-corrected chi connectivity index (χ4v) is 3.91. The zero-order valence-corrected chi connectivity index (χ0v) is 14.4. The van der Waals surface area contributed by atoms with Crippen LogP contribution in [0.4, 0.5) is 0 Å². The van der Waals surface area contributed by atoms with Crippen LogP contribution in [0.2, 0.25) is 6.04 Å². The summed E-state index contributed by atoms with van der Waals surface area (Å²) in [4.78, 5) is 0. The van der Waals surface area contributed by atoms with Gasteiger partial charge in [-0.05, 0) is 5.56 Å². The van der Waals surface area contributed by atoms with E-state index in [1.807, 2.05) is 6.07 Å². The van der Waals surface area contributed by atoms with Gasteiger partial charge in [0.2, 0.25) is 0 Å². The number of hydrogen-bond donors (Lipinski definition) is 2. The maximum atomic E-state index is 5.79. The Balaban J connectivity index is 2.08. The smallest absolute Gasteiger partial charge is 0.377 e. The Morgan fingerprint density at radius 1 is 1.00 bits per heavy atom. The molecule has 120 valence electrons. The van der Waals surface area contributed by atoms with Gasteiger partial charge >= 0.3 is 8.80 Å². The zero-order chi connectivity index (χ0) is 15.4. The fraction of sp³-hybridized carbons (Fsp3) is 0.600. The maximum absolute atomic E-state index is 5.79. The summed E-state index contributed by atoms with van der Waals surface area (Å²) < 4.78 is 16.7. The van der Waals surface area contributed by atoms with Crippen LogP contribution in [0, 0.1) is 0 Å². The van der Waals surface area contributed by atoms with Crippen molar-refractivity contribution in [1.29, 1.82) is 0 Å². The predicted octanol–water partition coefficient (Wildman–Crippen LogP) is 1.98. The molecule has 0 spiro atoms. The first-order valence-corrected chi connectivity index (χ1v) is 9.39. The van der Waals surface area contributed by atoms with Gasteiger partial charge in [-0.2, -0.15) is 0 Å². The van der Waals surface area contributed by atoms with Gasteiger partial charge in [-0.15, -0.1) is 0 Å². The van der Waals surface area contributed by atoms with Crippen LogP contribution in [0.5, 0.6) is 0 Å². The van der Waals surface area contributed by atoms with Crippen LogP contribution in [0.15, 0.2) is 30.3 Å². The van der Waals surface area contributed by atoms with Gasteiger partial charge < -0.3 is 18.6 Å². The Morgan fingerprint density at radius 3 is 2.29 bits per heavy atom. The lowest BCUT2D eigenvalue weighted by Crippen LogP contribution is -2.46. The highest BCUT2D eigenvalue weighted by Crippen LogP contribution is 2.14. The molecule has 0 aliphatic rings. The molecule has 0 radical (unpaired) electrons. The van der Waals surface area contributed by atoms with Crippen LogP contribution >= 0.6 is 0 Å². The molecule has 0 aliphatic carbocycles. The number of benzene rings is 1. The van der Waals surface area contributed by atoms with Crippen molar-refractivity contribution in [2.75, 3.05) is 34.0 Å². The van der Waals surface area contributed by atoms with Crippen LogP contribution in [0.3, 0.4) is 0 Å². The van der Waals surface area contributed by atoms with Crippen LogP contribution < -0.4 is 10.6 Å². The fourth-order valence-electron chi connectivity index (χ4n) is 2.02. The summed E-state index contributed by atoms with van der Waals surface area (Å²) in [6.07, 6.45) is 0.993. The number of nitrogens with one attached hydrogen (secondary N) is 2. The van der Waals surface area contributed by atoms with Gasteiger partial charge in [0.15, 0.2) is 0 Å². The molecule has 21 heavy (non-hydrogen) atoms. The average Bonchev–Trinajstić information content (AvgIpc) is 2.54. The summed E-state index contributed by atoms with van der Waals surface area (Å²) in [6.45, 7) is 5.18. The van der Waals surface area contributed by atoms with Crippen molar-refractivity contribution < 1.29 is 13.3 Å². The highest BCUT2D eigenvalue weighted by atomic mass is 28.4. The minimum Gasteiger partial charge on any atom is -0.377 e. The van der Waals surface area contributed by atoms with E-state index in [1.54, 1.807) is 14.2 Å². The van der Waals surface area contributed by atoms with E-state index in [0.29, 0.717) is 6.73 Å². The van der Waals surface area contributed by atoms with Crippen molar-refractivity contribution in [2.24, 2.45) is 0 Å². The molecule has 0 atom stereocenters. The molecule has 0 unspecified atom stereocenters. The second kappa shape index (κ2) is 10.9. The quantitative estimate of drug-likeness (QED) is 0.351. The van der Waals surface area contributed by atoms with Crippen LogP contribution in [0.25, 0.3) is 0 Å². The Hall–Kier alpha value is -0.763. The Labute approximate surface area is 129 Å². The number of rotatable bonds is 12. The lowest BCUT2D eigenvalue weighted by atomic mass is 10.2. The van der Waals surface area contributed by atoms with E-state index in [-0.39, 0.29) is 0 Å². The van der Waals surface area contributed by atoms with E-state index in [9.17, 15) is 0 Å². The summed E-state index contributed by atoms with van der Waals surface area (Å²) in [7, 11) is 0.872. The summed E-state index contributed by atoms with van der Waals surface area (Å²) >= 11 is 0. The highest BCUT2D eigenvalue weighted by Gasteiger charge is 2.37. The van der Waals surface area contributed by atoms with E-state index in [0.717, 1.165) is 32.1 Å². The van der Waals surface area contributed by atoms with E-state index in [2.05, 4.69) is 41.8 Å². The minimum atomic E-state index is -2.45. The standard InChI is InChI=1S/C15H28N2O3Si/c1-4-12-21(18-2,19-3)20-14-17-11-10-16-13-15-8-6-5-7-9-15/h5-9,16-17H,4,10-14H2,1-3H3. The third-order valence-electron chi connectivity index (χ3n) is 3.22. The monoisotopic (exact) mass is 312 g/mol. The van der Waals surface area contributed by atoms with Crippen molar-refractivity contribution in [2.45, 2.75) is 25.9 Å². The van der Waals surface area contributed by atoms with Crippen molar-refractivity contribution in [3.05, 3.63) is 35.9 Å². The maximum Gasteiger partial charge on any atom is 0.501 e. The minimum absolute atomic E-state index is 0.459. The SMILES string of the molecule is CCC[Si](OC)(OC)OCNCCNCc1ccccc1. The summed E-state index contributed by atoms with van der Waals surface area (Å²) in [5.74, 6) is 0. The molecule has 1 aromatic rings. The van der Waals surface area contributed by atoms with Crippen LogP contribution in [-0.4, -0.2) is 42.8 Å². The molecule has 0 saturated carbocycles. The molecule has 1 rings (SSSR count). The van der Waals surface area contributed by atoms with E-state index < -0.39 is 8.80 Å². The van der Waals surface area contributed by atoms with Gasteiger partial charge in [0.25, 0.3) is 0 Å². The van der Waals surface area contributed by atoms with Crippen LogP contribution in [0.1, 0.15) is 18.9 Å². The molecule has 0 amide bonds. The molecule has 0 fully saturated rings. The molecule has 0 aliphatic heterocycles. The van der Waals surface area contributed by atoms with Gasteiger partial charge in [0, 0.05) is 39.9 Å². The van der Waals surface area contributed by atoms with Gasteiger partial charge in [0.05, 0.1) is 6.73 Å². The van der Waals surface area contributed by atoms with E-state index in [1.165, 1.54) is 5.56 Å². The molecule has 1 aromatic carbocycles. The zero-order valence-electron chi connectivity index (χ0n) is 13.4. The summed E-state index contributed by atoms with van der Waals surface area (Å²) in [5, 5.41) is 6.63. The lowest BCUT2D eigenvalue weighted by Gasteiger charge is -2.26. The van der Waals surface area contributed by atoms with Gasteiger partial charge in [-0.1, -0.05) is 43.7 Å². The second-order valence-electron chi connectivity index (χ2n) is 4.79. The normalized spacial score (nSPS) is 11.8. The topological polar surface area (TPSA) is 51.8 Å². The summed E-state index contributed by atoms with van der Waals surface area (Å²) in [5.41, 5.74) is 1.29. The van der Waals surface area contributed by atoms with Gasteiger partial charge in [-0.25, -0.2) is 0 Å². The van der Waals surface area contributed by atoms with Crippen molar-refractivity contribution in [1.82, 2.24) is 10.6 Å². The Bertz CT molecular complexity index is 361. The third kappa shape index (κ3) is 7.17. The van der Waals surface area contributed by atoms with E-state index in [4.69, 9.17) is 13.3 Å². The van der Waals surface area contributed by atoms with Crippen LogP contribution in [-0.2, 0) is 19.8 Å². The molecule has 6 heteroatoms. The van der Waals surface area contributed by atoms with Crippen molar-refractivity contribution in [3.63, 3.8) is 0 Å². The highest BCUT2D eigenvalue weighted by molar-refractivity contribution is 6.60. The lowest BCUT2D eigenvalue weighted by molar-refractivity contribution is 0.0901. The third-order valence-corrected chi connectivity index (χ3v) is 6.16. The first kappa shape index (κ1) is 18.3. The van der Waals surface area contributed by atoms with Gasteiger partial charge in [-0.3, -0.25) is 5.32 Å². The molecule has 0 aromatic heterocycles. The molecule has 0 saturated heterocycles. The van der Waals surface area contributed by atoms with Crippen molar-refractivity contribution >= 4 is 8.80 Å². The number of hydrogen-bond acceptors (Lipinski definition) is 5. The van der Waals surface area contributed by atoms with E-state index >= 15 is 0 Å². The Kier molecular flexibility index (Phi) is 9.48. The molecule has 0 bridgehead atoms. The van der Waals surface area contributed by atoms with Crippen molar-refractivity contribution in [3.8, 4) is 0 Å². The first-order valence-electron chi connectivity index (χ1n) is 7.46. The average molecular weight is 312 g/mol. The first-order chi connectivity index (χ1) is 10.3. The second-order valence-corrected chi connectivity index (χ2v) is 7.76.